The predicted octanol–water partition coefficient (Wildman–Crippen LogP) is -1.96. The molecule has 11 heteroatoms. The zero-order valence-corrected chi connectivity index (χ0v) is 18.4. The van der Waals surface area contributed by atoms with Crippen molar-refractivity contribution in [2.75, 3.05) is 13.2 Å². The van der Waals surface area contributed by atoms with Crippen LogP contribution in [0.1, 0.15) is 5.56 Å². The molecule has 2 aromatic carbocycles. The summed E-state index contributed by atoms with van der Waals surface area (Å²) in [6.45, 7) is -0.339. The fourth-order valence-corrected chi connectivity index (χ4v) is 2.72. The number of nitriles is 1. The van der Waals surface area contributed by atoms with Crippen molar-refractivity contribution in [3.05, 3.63) is 64.3 Å². The Labute approximate surface area is 197 Å². The number of tetrazole rings is 1. The van der Waals surface area contributed by atoms with E-state index >= 15 is 0 Å². The smallest absolute Gasteiger partial charge is 0.847 e. The summed E-state index contributed by atoms with van der Waals surface area (Å²) in [7, 11) is 0. The maximum absolute atomic E-state index is 12.6. The summed E-state index contributed by atoms with van der Waals surface area (Å²) in [5.41, 5.74) is 0.417. The van der Waals surface area contributed by atoms with Gasteiger partial charge in [-0.15, -0.1) is 10.2 Å². The van der Waals surface area contributed by atoms with Crippen LogP contribution in [0.4, 0.5) is 0 Å². The summed E-state index contributed by atoms with van der Waals surface area (Å²) in [6, 6.07) is 14.5. The number of hydrogen-bond donors (Lipinski definition) is 1. The van der Waals surface area contributed by atoms with Gasteiger partial charge in [0.15, 0.2) is 11.2 Å². The second kappa shape index (κ2) is 10.2. The number of benzene rings is 2. The van der Waals surface area contributed by atoms with E-state index in [1.54, 1.807) is 42.5 Å². The molecule has 10 nitrogen and oxygen atoms in total. The molecule has 4 aromatic rings. The maximum atomic E-state index is 12.6. The molecule has 0 aliphatic carbocycles. The zero-order valence-electron chi connectivity index (χ0n) is 16.4. The molecule has 1 N–H and O–H groups in total. The third kappa shape index (κ3) is 5.28. The van der Waals surface area contributed by atoms with Gasteiger partial charge in [-0.05, 0) is 41.6 Å². The molecule has 1 unspecified atom stereocenters. The van der Waals surface area contributed by atoms with Gasteiger partial charge in [0.1, 0.15) is 22.5 Å². The van der Waals surface area contributed by atoms with Crippen molar-refractivity contribution in [2.24, 2.45) is 0 Å². The molecule has 1 atom stereocenters. The van der Waals surface area contributed by atoms with Crippen molar-refractivity contribution in [3.63, 3.8) is 0 Å². The Morgan fingerprint density at radius 3 is 2.65 bits per heavy atom. The van der Waals surface area contributed by atoms with Crippen LogP contribution in [0.15, 0.2) is 57.7 Å². The van der Waals surface area contributed by atoms with E-state index in [9.17, 15) is 9.90 Å². The SMILES string of the molecule is N#Cc1ccc(OCC([O-])COc2cccc3oc(-c4nn[nH]n4)cc(=O)c23)cc1.[Na+]. The molecule has 0 fully saturated rings. The summed E-state index contributed by atoms with van der Waals surface area (Å²) >= 11 is 0. The van der Waals surface area contributed by atoms with Crippen molar-refractivity contribution >= 4 is 11.0 Å². The minimum Gasteiger partial charge on any atom is -0.847 e. The van der Waals surface area contributed by atoms with E-state index in [2.05, 4.69) is 20.6 Å². The van der Waals surface area contributed by atoms with Gasteiger partial charge in [0, 0.05) is 6.07 Å². The van der Waals surface area contributed by atoms with Crippen LogP contribution in [0, 0.1) is 11.3 Å². The molecule has 31 heavy (non-hydrogen) atoms. The number of H-pyrrole nitrogens is 1. The normalized spacial score (nSPS) is 11.4. The summed E-state index contributed by atoms with van der Waals surface area (Å²) in [5, 5.41) is 34.5. The molecule has 0 spiro atoms. The van der Waals surface area contributed by atoms with E-state index in [0.717, 1.165) is 0 Å². The molecule has 2 aromatic heterocycles. The third-order valence-corrected chi connectivity index (χ3v) is 4.13. The van der Waals surface area contributed by atoms with Crippen LogP contribution in [0.2, 0.25) is 0 Å². The molecule has 0 amide bonds. The number of fused-ring (bicyclic) bond motifs is 1. The third-order valence-electron chi connectivity index (χ3n) is 4.13. The Balaban J connectivity index is 0.00000272. The summed E-state index contributed by atoms with van der Waals surface area (Å²) < 4.78 is 16.7. The van der Waals surface area contributed by atoms with Crippen LogP contribution in [0.3, 0.4) is 0 Å². The van der Waals surface area contributed by atoms with Crippen LogP contribution in [0.25, 0.3) is 22.6 Å². The molecule has 2 heterocycles. The van der Waals surface area contributed by atoms with Gasteiger partial charge in [0.25, 0.3) is 0 Å². The minimum absolute atomic E-state index is 0. The number of aromatic amines is 1. The van der Waals surface area contributed by atoms with E-state index in [0.29, 0.717) is 11.3 Å². The van der Waals surface area contributed by atoms with Gasteiger partial charge < -0.3 is 19.0 Å². The van der Waals surface area contributed by atoms with Crippen molar-refractivity contribution in [1.82, 2.24) is 20.6 Å². The van der Waals surface area contributed by atoms with E-state index in [4.69, 9.17) is 19.2 Å². The van der Waals surface area contributed by atoms with E-state index in [-0.39, 0.29) is 76.5 Å². The average Bonchev–Trinajstić information content (AvgIpc) is 3.31. The molecule has 0 bridgehead atoms. The standard InChI is InChI=1S/C20H14N5O5.Na/c21-9-12-4-6-14(7-5-12)28-10-13(26)11-29-16-2-1-3-17-19(16)15(27)8-18(30-17)20-22-24-25-23-20;/h1-8,13H,10-11H2,(H,22,23,24,25);/q-1;+1. The molecular weight excluding hydrogens is 413 g/mol. The van der Waals surface area contributed by atoms with Gasteiger partial charge in [-0.25, -0.2) is 0 Å². The van der Waals surface area contributed by atoms with Crippen molar-refractivity contribution in [1.29, 1.82) is 5.26 Å². The molecule has 0 saturated carbocycles. The first kappa shape index (κ1) is 22.5. The van der Waals surface area contributed by atoms with Crippen molar-refractivity contribution in [3.8, 4) is 29.2 Å². The number of nitrogens with one attached hydrogen (secondary N) is 1. The fourth-order valence-electron chi connectivity index (χ4n) is 2.72. The number of hydrogen-bond acceptors (Lipinski definition) is 9. The monoisotopic (exact) mass is 427 g/mol. The Morgan fingerprint density at radius 2 is 1.94 bits per heavy atom. The van der Waals surface area contributed by atoms with Gasteiger partial charge in [0.05, 0.1) is 24.8 Å². The molecule has 0 aliphatic rings. The van der Waals surface area contributed by atoms with Gasteiger partial charge in [-0.1, -0.05) is 12.2 Å². The number of aromatic nitrogens is 4. The van der Waals surface area contributed by atoms with Gasteiger partial charge in [-0.2, -0.15) is 10.5 Å². The Bertz CT molecular complexity index is 1250. The fraction of sp³-hybridized carbons (Fsp3) is 0.150. The first-order valence-corrected chi connectivity index (χ1v) is 8.86. The second-order valence-corrected chi connectivity index (χ2v) is 6.22. The minimum atomic E-state index is -1.19. The first-order valence-electron chi connectivity index (χ1n) is 8.86. The largest absolute Gasteiger partial charge is 1.00 e. The first-order chi connectivity index (χ1) is 14.6. The second-order valence-electron chi connectivity index (χ2n) is 6.22. The van der Waals surface area contributed by atoms with Crippen LogP contribution in [-0.4, -0.2) is 39.9 Å². The quantitative estimate of drug-likeness (QED) is 0.332. The van der Waals surface area contributed by atoms with Crippen LogP contribution in [-0.2, 0) is 0 Å². The van der Waals surface area contributed by atoms with Gasteiger partial charge in [-0.3, -0.25) is 4.79 Å². The maximum Gasteiger partial charge on any atom is 1.00 e. The summed E-state index contributed by atoms with van der Waals surface area (Å²) in [6.07, 6.45) is -1.19. The number of ether oxygens (including phenoxy) is 2. The Morgan fingerprint density at radius 1 is 1.16 bits per heavy atom. The van der Waals surface area contributed by atoms with E-state index in [1.807, 2.05) is 6.07 Å². The molecule has 0 aliphatic heterocycles. The Kier molecular flexibility index (Phi) is 7.38. The molecule has 4 rings (SSSR count). The summed E-state index contributed by atoms with van der Waals surface area (Å²) in [5.74, 6) is 1.03. The molecular formula is C20H14N5NaO5. The molecule has 0 radical (unpaired) electrons. The number of nitrogens with zero attached hydrogens (tertiary/aromatic N) is 4. The number of rotatable bonds is 7. The average molecular weight is 427 g/mol. The summed E-state index contributed by atoms with van der Waals surface area (Å²) in [4.78, 5) is 12.6. The molecule has 0 saturated heterocycles. The predicted molar refractivity (Wildman–Crippen MR) is 102 cm³/mol. The topological polar surface area (TPSA) is 150 Å². The van der Waals surface area contributed by atoms with Crippen LogP contribution >= 0.6 is 0 Å². The zero-order chi connectivity index (χ0) is 20.9. The van der Waals surface area contributed by atoms with Crippen LogP contribution < -0.4 is 49.6 Å². The molecule has 150 valence electrons. The Hall–Kier alpha value is -3.23. The van der Waals surface area contributed by atoms with Gasteiger partial charge >= 0.3 is 29.6 Å². The van der Waals surface area contributed by atoms with E-state index < -0.39 is 6.10 Å². The van der Waals surface area contributed by atoms with E-state index in [1.165, 1.54) is 6.07 Å². The van der Waals surface area contributed by atoms with Gasteiger partial charge in [0.2, 0.25) is 5.82 Å². The van der Waals surface area contributed by atoms with Crippen LogP contribution in [0.5, 0.6) is 11.5 Å². The van der Waals surface area contributed by atoms with Crippen molar-refractivity contribution in [2.45, 2.75) is 6.10 Å². The van der Waals surface area contributed by atoms with Crippen molar-refractivity contribution < 1.29 is 48.6 Å².